The summed E-state index contributed by atoms with van der Waals surface area (Å²) in [5.41, 5.74) is 12.9. The van der Waals surface area contributed by atoms with E-state index in [1.54, 1.807) is 36.4 Å². The largest absolute Gasteiger partial charge is 0.508 e. The Morgan fingerprint density at radius 3 is 2.43 bits per heavy atom. The third-order valence-corrected chi connectivity index (χ3v) is 3.47. The first-order valence-electron chi connectivity index (χ1n) is 6.77. The second kappa shape index (κ2) is 5.38. The van der Waals surface area contributed by atoms with Crippen molar-refractivity contribution in [1.82, 2.24) is 4.98 Å². The molecule has 3 rings (SSSR count). The minimum Gasteiger partial charge on any atom is -0.508 e. The van der Waals surface area contributed by atoms with Crippen LogP contribution in [0.1, 0.15) is 10.4 Å². The number of benzene rings is 2. The Hall–Kier alpha value is -3.48. The smallest absolute Gasteiger partial charge is 0.317 e. The van der Waals surface area contributed by atoms with Crippen molar-refractivity contribution in [2.45, 2.75) is 0 Å². The fourth-order valence-corrected chi connectivity index (χ4v) is 2.54. The summed E-state index contributed by atoms with van der Waals surface area (Å²) in [6, 6.07) is 11.3. The van der Waals surface area contributed by atoms with Gasteiger partial charge in [0.05, 0.1) is 5.56 Å². The van der Waals surface area contributed by atoms with Gasteiger partial charge in [-0.1, -0.05) is 24.3 Å². The number of fused-ring (bicyclic) bond motifs is 1. The number of rotatable bonds is 3. The minimum absolute atomic E-state index is 0.156. The van der Waals surface area contributed by atoms with Crippen LogP contribution < -0.4 is 16.8 Å². The van der Waals surface area contributed by atoms with Crippen LogP contribution in [-0.2, 0) is 0 Å². The van der Waals surface area contributed by atoms with Crippen molar-refractivity contribution in [2.24, 2.45) is 11.5 Å². The fourth-order valence-electron chi connectivity index (χ4n) is 2.54. The van der Waals surface area contributed by atoms with Crippen LogP contribution in [0.3, 0.4) is 0 Å². The number of primary amides is 2. The molecule has 1 aromatic heterocycles. The average Bonchev–Trinajstić information content (AvgIpc) is 2.83. The summed E-state index contributed by atoms with van der Waals surface area (Å²) in [5, 5.41) is 12.5. The number of carbonyl (C=O) groups is 2. The molecule has 7 heteroatoms. The number of phenols is 1. The molecule has 0 aliphatic rings. The number of phenolic OH excluding ortho intramolecular Hbond substituents is 1. The number of H-pyrrole nitrogens is 1. The number of anilines is 1. The van der Waals surface area contributed by atoms with Gasteiger partial charge < -0.3 is 21.6 Å². The third-order valence-electron chi connectivity index (χ3n) is 3.47. The summed E-state index contributed by atoms with van der Waals surface area (Å²) in [6.45, 7) is 0. The molecule has 0 spiro atoms. The molecule has 0 aliphatic carbocycles. The molecule has 1 heterocycles. The van der Waals surface area contributed by atoms with E-state index in [-0.39, 0.29) is 17.1 Å². The van der Waals surface area contributed by atoms with E-state index < -0.39 is 11.9 Å². The van der Waals surface area contributed by atoms with E-state index in [0.717, 1.165) is 11.1 Å². The summed E-state index contributed by atoms with van der Waals surface area (Å²) >= 11 is 0. The molecular weight excluding hydrogens is 296 g/mol. The fraction of sp³-hybridized carbons (Fsp3) is 0. The summed E-state index contributed by atoms with van der Waals surface area (Å²) in [6.07, 6.45) is 0. The number of nitrogens with one attached hydrogen (secondary N) is 2. The normalized spacial score (nSPS) is 10.6. The molecule has 0 bridgehead atoms. The predicted octanol–water partition coefficient (Wildman–Crippen LogP) is 2.13. The molecule has 0 saturated carbocycles. The van der Waals surface area contributed by atoms with Gasteiger partial charge in [-0.05, 0) is 29.3 Å². The molecule has 7 N–H and O–H groups in total. The van der Waals surface area contributed by atoms with Crippen LogP contribution >= 0.6 is 0 Å². The highest BCUT2D eigenvalue weighted by atomic mass is 16.3. The third kappa shape index (κ3) is 2.67. The average molecular weight is 310 g/mol. The lowest BCUT2D eigenvalue weighted by molar-refractivity contribution is 0.100. The van der Waals surface area contributed by atoms with Gasteiger partial charge in [-0.25, -0.2) is 4.79 Å². The van der Waals surface area contributed by atoms with Gasteiger partial charge in [-0.3, -0.25) is 10.1 Å². The number of aromatic nitrogens is 1. The van der Waals surface area contributed by atoms with Crippen LogP contribution in [0, 0.1) is 0 Å². The Kier molecular flexibility index (Phi) is 3.38. The predicted molar refractivity (Wildman–Crippen MR) is 87.1 cm³/mol. The Bertz CT molecular complexity index is 930. The Morgan fingerprint density at radius 1 is 1.04 bits per heavy atom. The zero-order valence-corrected chi connectivity index (χ0v) is 12.0. The molecule has 0 saturated heterocycles. The molecular formula is C16H14N4O3. The highest BCUT2D eigenvalue weighted by Crippen LogP contribution is 2.31. The molecule has 0 radical (unpaired) electrons. The van der Waals surface area contributed by atoms with Gasteiger partial charge in [0.25, 0.3) is 5.91 Å². The zero-order valence-electron chi connectivity index (χ0n) is 12.0. The summed E-state index contributed by atoms with van der Waals surface area (Å²) in [5.74, 6) is -0.360. The van der Waals surface area contributed by atoms with Gasteiger partial charge >= 0.3 is 6.03 Å². The molecule has 0 fully saturated rings. The molecule has 23 heavy (non-hydrogen) atoms. The van der Waals surface area contributed by atoms with Crippen molar-refractivity contribution < 1.29 is 14.7 Å². The van der Waals surface area contributed by atoms with Gasteiger partial charge in [0.1, 0.15) is 11.6 Å². The summed E-state index contributed by atoms with van der Waals surface area (Å²) in [7, 11) is 0. The maximum absolute atomic E-state index is 11.7. The first-order valence-corrected chi connectivity index (χ1v) is 6.77. The number of amides is 3. The number of nitrogens with two attached hydrogens (primary N) is 2. The lowest BCUT2D eigenvalue weighted by atomic mass is 10.0. The van der Waals surface area contributed by atoms with E-state index in [2.05, 4.69) is 10.3 Å². The Labute approximate surface area is 130 Å². The monoisotopic (exact) mass is 310 g/mol. The second-order valence-electron chi connectivity index (χ2n) is 5.04. The highest BCUT2D eigenvalue weighted by molar-refractivity contribution is 6.13. The van der Waals surface area contributed by atoms with E-state index in [1.165, 1.54) is 0 Å². The zero-order chi connectivity index (χ0) is 16.6. The van der Waals surface area contributed by atoms with Gasteiger partial charge in [-0.15, -0.1) is 0 Å². The molecule has 3 amide bonds. The van der Waals surface area contributed by atoms with Crippen molar-refractivity contribution in [3.63, 3.8) is 0 Å². The van der Waals surface area contributed by atoms with Gasteiger partial charge in [0.15, 0.2) is 0 Å². The van der Waals surface area contributed by atoms with Crippen molar-refractivity contribution in [3.05, 3.63) is 48.0 Å². The lowest BCUT2D eigenvalue weighted by Crippen LogP contribution is -2.22. The molecule has 0 aliphatic heterocycles. The number of urea groups is 1. The minimum atomic E-state index is -0.799. The number of aromatic amines is 1. The van der Waals surface area contributed by atoms with E-state index in [9.17, 15) is 14.7 Å². The second-order valence-corrected chi connectivity index (χ2v) is 5.04. The SMILES string of the molecule is NC(=O)Nc1[nH]c2cc(-c3cccc(O)c3)ccc2c1C(N)=O. The molecule has 2 aromatic carbocycles. The van der Waals surface area contributed by atoms with E-state index in [4.69, 9.17) is 11.5 Å². The maximum atomic E-state index is 11.7. The first kappa shape index (κ1) is 14.5. The van der Waals surface area contributed by atoms with E-state index >= 15 is 0 Å². The van der Waals surface area contributed by atoms with Crippen LogP contribution in [-0.4, -0.2) is 22.0 Å². The van der Waals surface area contributed by atoms with Gasteiger partial charge in [0, 0.05) is 10.9 Å². The summed E-state index contributed by atoms with van der Waals surface area (Å²) < 4.78 is 0. The van der Waals surface area contributed by atoms with Crippen molar-refractivity contribution in [1.29, 1.82) is 0 Å². The quantitative estimate of drug-likeness (QED) is 0.507. The molecule has 0 unspecified atom stereocenters. The lowest BCUT2D eigenvalue weighted by Gasteiger charge is -2.03. The number of hydrogen-bond acceptors (Lipinski definition) is 3. The standard InChI is InChI=1S/C16H14N4O3/c17-14(22)13-11-5-4-9(8-2-1-3-10(21)6-8)7-12(11)19-15(13)20-16(18)23/h1-7,19,21H,(H2,17,22)(H3,18,20,23). The maximum Gasteiger partial charge on any atom is 0.317 e. The Morgan fingerprint density at radius 2 is 1.78 bits per heavy atom. The van der Waals surface area contributed by atoms with Crippen LogP contribution in [0.4, 0.5) is 10.6 Å². The van der Waals surface area contributed by atoms with Gasteiger partial charge in [0.2, 0.25) is 0 Å². The van der Waals surface area contributed by atoms with Crippen LogP contribution in [0.2, 0.25) is 0 Å². The van der Waals surface area contributed by atoms with Crippen LogP contribution in [0.25, 0.3) is 22.0 Å². The van der Waals surface area contributed by atoms with Crippen molar-refractivity contribution in [2.75, 3.05) is 5.32 Å². The number of hydrogen-bond donors (Lipinski definition) is 5. The molecule has 3 aromatic rings. The van der Waals surface area contributed by atoms with E-state index in [1.807, 2.05) is 6.07 Å². The molecule has 7 nitrogen and oxygen atoms in total. The topological polar surface area (TPSA) is 134 Å². The molecule has 116 valence electrons. The van der Waals surface area contributed by atoms with Crippen LogP contribution in [0.5, 0.6) is 5.75 Å². The summed E-state index contributed by atoms with van der Waals surface area (Å²) in [4.78, 5) is 25.6. The Balaban J connectivity index is 2.17. The highest BCUT2D eigenvalue weighted by Gasteiger charge is 2.17. The van der Waals surface area contributed by atoms with E-state index in [0.29, 0.717) is 10.9 Å². The number of carbonyl (C=O) groups excluding carboxylic acids is 2. The van der Waals surface area contributed by atoms with Crippen molar-refractivity contribution in [3.8, 4) is 16.9 Å². The van der Waals surface area contributed by atoms with Crippen LogP contribution in [0.15, 0.2) is 42.5 Å². The number of aromatic hydroxyl groups is 1. The molecule has 0 atom stereocenters. The van der Waals surface area contributed by atoms with Crippen molar-refractivity contribution >= 4 is 28.7 Å². The van der Waals surface area contributed by atoms with Gasteiger partial charge in [-0.2, -0.15) is 0 Å². The first-order chi connectivity index (χ1) is 11.0.